The number of anilines is 1. The molecule has 3 rings (SSSR count). The smallest absolute Gasteiger partial charge is 0.416 e. The van der Waals surface area contributed by atoms with Gasteiger partial charge in [0, 0.05) is 6.42 Å². The van der Waals surface area contributed by atoms with Gasteiger partial charge >= 0.3 is 6.18 Å². The van der Waals surface area contributed by atoms with Gasteiger partial charge in [-0.25, -0.2) is 13.8 Å². The molecule has 0 fully saturated rings. The van der Waals surface area contributed by atoms with Crippen molar-refractivity contribution in [1.29, 1.82) is 0 Å². The van der Waals surface area contributed by atoms with E-state index in [1.807, 2.05) is 0 Å². The van der Waals surface area contributed by atoms with Gasteiger partial charge in [0.1, 0.15) is 34.5 Å². The Hall–Kier alpha value is -2.94. The predicted octanol–water partition coefficient (Wildman–Crippen LogP) is 6.36. The van der Waals surface area contributed by atoms with Crippen LogP contribution < -0.4 is 10.1 Å². The predicted molar refractivity (Wildman–Crippen MR) is 96.0 cm³/mol. The number of halogens is 6. The van der Waals surface area contributed by atoms with Crippen molar-refractivity contribution in [2.75, 3.05) is 5.32 Å². The summed E-state index contributed by atoms with van der Waals surface area (Å²) in [5.41, 5.74) is -1.62. The summed E-state index contributed by atoms with van der Waals surface area (Å²) in [7, 11) is 0. The molecular weight excluding hydrogens is 419 g/mol. The molecular formula is C19H12ClF5N2O2. The molecule has 1 aromatic carbocycles. The fraction of sp³-hybridized carbons (Fsp3) is 0.158. The van der Waals surface area contributed by atoms with E-state index in [0.29, 0.717) is 0 Å². The molecule has 0 bridgehead atoms. The molecule has 1 heterocycles. The zero-order valence-electron chi connectivity index (χ0n) is 14.5. The molecule has 0 saturated heterocycles. The number of alkyl halides is 3. The van der Waals surface area contributed by atoms with Crippen molar-refractivity contribution in [3.63, 3.8) is 0 Å². The van der Waals surface area contributed by atoms with Gasteiger partial charge in [-0.05, 0) is 42.8 Å². The van der Waals surface area contributed by atoms with Crippen LogP contribution in [0.1, 0.15) is 18.4 Å². The highest BCUT2D eigenvalue weighted by molar-refractivity contribution is 6.32. The zero-order chi connectivity index (χ0) is 21.2. The summed E-state index contributed by atoms with van der Waals surface area (Å²) >= 11 is 5.86. The normalized spacial score (nSPS) is 14.5. The van der Waals surface area contributed by atoms with E-state index in [9.17, 15) is 26.7 Å². The number of pyridine rings is 1. The minimum Gasteiger partial charge on any atom is -0.454 e. The van der Waals surface area contributed by atoms with Crippen molar-refractivity contribution >= 4 is 23.3 Å². The molecule has 1 aliphatic carbocycles. The van der Waals surface area contributed by atoms with Gasteiger partial charge in [-0.3, -0.25) is 4.79 Å². The van der Waals surface area contributed by atoms with Gasteiger partial charge in [-0.1, -0.05) is 11.6 Å². The number of aromatic nitrogens is 1. The summed E-state index contributed by atoms with van der Waals surface area (Å²) < 4.78 is 71.1. The first-order valence-electron chi connectivity index (χ1n) is 8.22. The second kappa shape index (κ2) is 8.20. The number of hydrogen-bond acceptors (Lipinski definition) is 3. The highest BCUT2D eigenvalue weighted by atomic mass is 35.5. The molecule has 0 saturated carbocycles. The number of rotatable bonds is 4. The minimum atomic E-state index is -4.57. The van der Waals surface area contributed by atoms with Crippen molar-refractivity contribution in [1.82, 2.24) is 4.98 Å². The first kappa shape index (κ1) is 20.8. The molecule has 152 valence electrons. The maximum absolute atomic E-state index is 13.7. The molecule has 0 atom stereocenters. The summed E-state index contributed by atoms with van der Waals surface area (Å²) in [6, 6.07) is 5.18. The van der Waals surface area contributed by atoms with Crippen LogP contribution in [-0.4, -0.2) is 10.9 Å². The van der Waals surface area contributed by atoms with Gasteiger partial charge in [-0.2, -0.15) is 13.2 Å². The van der Waals surface area contributed by atoms with Crippen LogP contribution in [0.25, 0.3) is 0 Å². The second-order valence-electron chi connectivity index (χ2n) is 5.95. The lowest BCUT2D eigenvalue weighted by molar-refractivity contribution is -0.137. The molecule has 2 aromatic rings. The van der Waals surface area contributed by atoms with E-state index in [4.69, 9.17) is 16.3 Å². The summed E-state index contributed by atoms with van der Waals surface area (Å²) in [4.78, 5) is 15.9. The standard InChI is InChI=1S/C19H12ClF5N2O2/c20-12-6-4-10(19(23,24)25)8-15(12)29-11-5-7-16(26-9-11)27-18(28)17-13(21)2-1-3-14(17)22/h2,4-9H,1,3H2,(H,26,27,28). The van der Waals surface area contributed by atoms with Gasteiger partial charge in [0.2, 0.25) is 0 Å². The van der Waals surface area contributed by atoms with E-state index in [1.165, 1.54) is 12.1 Å². The monoisotopic (exact) mass is 430 g/mol. The van der Waals surface area contributed by atoms with E-state index in [0.717, 1.165) is 30.5 Å². The first-order valence-corrected chi connectivity index (χ1v) is 8.59. The average molecular weight is 431 g/mol. The van der Waals surface area contributed by atoms with Crippen LogP contribution in [0, 0.1) is 0 Å². The SMILES string of the molecule is O=C(Nc1ccc(Oc2cc(C(F)(F)F)ccc2Cl)cn1)C1=C(F)CCC=C1F. The highest BCUT2D eigenvalue weighted by Crippen LogP contribution is 2.37. The molecule has 0 radical (unpaired) electrons. The topological polar surface area (TPSA) is 51.2 Å². The van der Waals surface area contributed by atoms with Crippen LogP contribution in [0.5, 0.6) is 11.5 Å². The number of carbonyl (C=O) groups is 1. The van der Waals surface area contributed by atoms with Crippen molar-refractivity contribution in [2.24, 2.45) is 0 Å². The largest absolute Gasteiger partial charge is 0.454 e. The van der Waals surface area contributed by atoms with Crippen molar-refractivity contribution in [2.45, 2.75) is 19.0 Å². The van der Waals surface area contributed by atoms with Crippen molar-refractivity contribution in [3.05, 3.63) is 70.4 Å². The third-order valence-electron chi connectivity index (χ3n) is 3.89. The molecule has 0 spiro atoms. The van der Waals surface area contributed by atoms with E-state index < -0.39 is 34.9 Å². The Balaban J connectivity index is 1.73. The van der Waals surface area contributed by atoms with Crippen molar-refractivity contribution in [3.8, 4) is 11.5 Å². The van der Waals surface area contributed by atoms with Gasteiger partial charge < -0.3 is 10.1 Å². The number of ether oxygens (including phenoxy) is 1. The quantitative estimate of drug-likeness (QED) is 0.574. The van der Waals surface area contributed by atoms with E-state index >= 15 is 0 Å². The Morgan fingerprint density at radius 2 is 1.93 bits per heavy atom. The Morgan fingerprint density at radius 3 is 2.55 bits per heavy atom. The molecule has 1 amide bonds. The van der Waals surface area contributed by atoms with Crippen LogP contribution in [-0.2, 0) is 11.0 Å². The van der Waals surface area contributed by atoms with E-state index in [2.05, 4.69) is 10.3 Å². The number of hydrogen-bond donors (Lipinski definition) is 1. The molecule has 1 aromatic heterocycles. The lowest BCUT2D eigenvalue weighted by Gasteiger charge is -2.13. The fourth-order valence-corrected chi connectivity index (χ4v) is 2.65. The Labute approximate surface area is 166 Å². The van der Waals surface area contributed by atoms with Gasteiger partial charge in [0.25, 0.3) is 5.91 Å². The van der Waals surface area contributed by atoms with Crippen molar-refractivity contribution < 1.29 is 31.5 Å². The van der Waals surface area contributed by atoms with E-state index in [1.54, 1.807) is 0 Å². The number of nitrogens with one attached hydrogen (secondary N) is 1. The fourth-order valence-electron chi connectivity index (χ4n) is 2.49. The molecule has 4 nitrogen and oxygen atoms in total. The zero-order valence-corrected chi connectivity index (χ0v) is 15.2. The molecule has 1 N–H and O–H groups in total. The lowest BCUT2D eigenvalue weighted by atomic mass is 10.0. The van der Waals surface area contributed by atoms with Crippen LogP contribution in [0.4, 0.5) is 27.8 Å². The molecule has 0 aliphatic heterocycles. The summed E-state index contributed by atoms with van der Waals surface area (Å²) in [5, 5.41) is 2.20. The van der Waals surface area contributed by atoms with Crippen LogP contribution in [0.3, 0.4) is 0 Å². The Kier molecular flexibility index (Phi) is 5.88. The Bertz CT molecular complexity index is 1000. The number of benzene rings is 1. The summed E-state index contributed by atoms with van der Waals surface area (Å²) in [6.45, 7) is 0. The maximum Gasteiger partial charge on any atom is 0.416 e. The second-order valence-corrected chi connectivity index (χ2v) is 6.36. The third-order valence-corrected chi connectivity index (χ3v) is 4.20. The molecule has 29 heavy (non-hydrogen) atoms. The number of allylic oxidation sites excluding steroid dienone is 2. The number of carbonyl (C=O) groups excluding carboxylic acids is 1. The van der Waals surface area contributed by atoms with E-state index in [-0.39, 0.29) is 35.2 Å². The molecule has 1 aliphatic rings. The molecule has 10 heteroatoms. The summed E-state index contributed by atoms with van der Waals surface area (Å²) in [5.74, 6) is -3.04. The minimum absolute atomic E-state index is 0.0313. The molecule has 0 unspecified atom stereocenters. The van der Waals surface area contributed by atoms with Crippen LogP contribution >= 0.6 is 11.6 Å². The third kappa shape index (κ3) is 4.92. The number of amides is 1. The van der Waals surface area contributed by atoms with Gasteiger partial charge in [0.15, 0.2) is 0 Å². The van der Waals surface area contributed by atoms with Gasteiger partial charge in [-0.15, -0.1) is 0 Å². The summed E-state index contributed by atoms with van der Waals surface area (Å²) in [6.07, 6.45) is -2.25. The van der Waals surface area contributed by atoms with Gasteiger partial charge in [0.05, 0.1) is 16.8 Å². The lowest BCUT2D eigenvalue weighted by Crippen LogP contribution is -2.18. The Morgan fingerprint density at radius 1 is 1.17 bits per heavy atom. The maximum atomic E-state index is 13.7. The first-order chi connectivity index (χ1) is 13.6. The average Bonchev–Trinajstić information content (AvgIpc) is 2.64. The highest BCUT2D eigenvalue weighted by Gasteiger charge is 2.31. The van der Waals surface area contributed by atoms with Crippen LogP contribution in [0.2, 0.25) is 5.02 Å². The van der Waals surface area contributed by atoms with Crippen LogP contribution in [0.15, 0.2) is 59.8 Å². The number of nitrogens with zero attached hydrogens (tertiary/aromatic N) is 1.